The smallest absolute Gasteiger partial charge is 0.264 e. The maximum atomic E-state index is 14.5. The Bertz CT molecular complexity index is 2720. The molecule has 366 valence electrons. The van der Waals surface area contributed by atoms with Crippen LogP contribution in [0, 0.1) is 27.7 Å². The molecule has 66 heavy (non-hydrogen) atoms. The lowest BCUT2D eigenvalue weighted by Gasteiger charge is -2.30. The van der Waals surface area contributed by atoms with Gasteiger partial charge in [0, 0.05) is 52.4 Å². The average molecular weight is 1040 g/mol. The normalized spacial score (nSPS) is 13.3. The number of sulfonamides is 4. The minimum Gasteiger partial charge on any atom is -0.286 e. The van der Waals surface area contributed by atoms with E-state index in [1.54, 1.807) is 76.2 Å². The minimum absolute atomic E-state index is 0.0318. The van der Waals surface area contributed by atoms with Crippen LogP contribution in [0.2, 0.25) is 0 Å². The molecule has 0 atom stereocenters. The third kappa shape index (κ3) is 16.0. The van der Waals surface area contributed by atoms with Gasteiger partial charge in [0.25, 0.3) is 20.2 Å². The van der Waals surface area contributed by atoms with Crippen LogP contribution in [0.3, 0.4) is 0 Å². The van der Waals surface area contributed by atoms with Crippen molar-refractivity contribution in [1.82, 2.24) is 17.2 Å². The van der Waals surface area contributed by atoms with Crippen LogP contribution in [0.25, 0.3) is 0 Å². The fourth-order valence-electron chi connectivity index (χ4n) is 6.66. The number of hydrogen-bond acceptors (Lipinski definition) is 12. The van der Waals surface area contributed by atoms with Gasteiger partial charge in [0.15, 0.2) is 0 Å². The van der Waals surface area contributed by atoms with Gasteiger partial charge in [0.05, 0.1) is 31.1 Å². The zero-order chi connectivity index (χ0) is 49.1. The zero-order valence-electron chi connectivity index (χ0n) is 37.2. The van der Waals surface area contributed by atoms with Crippen molar-refractivity contribution in [3.05, 3.63) is 119 Å². The Hall–Kier alpha value is -3.66. The molecular formula is C42H58N4O14S6. The first kappa shape index (κ1) is 54.9. The predicted molar refractivity (Wildman–Crippen MR) is 251 cm³/mol. The van der Waals surface area contributed by atoms with Gasteiger partial charge in [-0.25, -0.2) is 33.7 Å². The molecule has 18 nitrogen and oxygen atoms in total. The number of hydrogen-bond donors (Lipinski definition) is 2. The molecule has 0 radical (unpaired) electrons. The molecule has 0 unspecified atom stereocenters. The highest BCUT2D eigenvalue weighted by atomic mass is 32.2. The molecule has 0 aliphatic rings. The topological polar surface area (TPSA) is 258 Å². The lowest BCUT2D eigenvalue weighted by atomic mass is 10.2. The van der Waals surface area contributed by atoms with E-state index in [0.717, 1.165) is 39.5 Å². The molecule has 0 aromatic heterocycles. The summed E-state index contributed by atoms with van der Waals surface area (Å²) in [6.45, 7) is 3.39. The van der Waals surface area contributed by atoms with E-state index in [4.69, 9.17) is 0 Å². The van der Waals surface area contributed by atoms with E-state index in [1.165, 1.54) is 48.5 Å². The van der Waals surface area contributed by atoms with Crippen molar-refractivity contribution in [2.75, 3.05) is 63.9 Å². The van der Waals surface area contributed by atoms with Gasteiger partial charge < -0.3 is 0 Å². The van der Waals surface area contributed by atoms with Gasteiger partial charge in [-0.2, -0.15) is 34.1 Å². The number of rotatable bonds is 27. The van der Waals surface area contributed by atoms with Gasteiger partial charge in [-0.1, -0.05) is 70.8 Å². The SMILES string of the molecule is Cc1ccc(S(=O)(=O)N(CCCCS(=O)(=O)O)CCN(CCN(CCN(CCCCS(=O)(=O)O)S(=O)(=O)c2ccc(C)cc2)S(=O)(=O)c2ccc(C)cc2)S(=O)(=O)c2ccc(C)cc2)cc1. The Morgan fingerprint density at radius 3 is 0.667 bits per heavy atom. The fraction of sp³-hybridized carbons (Fsp3) is 0.429. The molecule has 0 aliphatic carbocycles. The molecule has 0 fully saturated rings. The van der Waals surface area contributed by atoms with E-state index in [9.17, 15) is 59.6 Å². The van der Waals surface area contributed by atoms with E-state index in [-0.39, 0.29) is 58.4 Å². The maximum absolute atomic E-state index is 14.5. The van der Waals surface area contributed by atoms with Crippen molar-refractivity contribution in [3.63, 3.8) is 0 Å². The molecular weight excluding hydrogens is 977 g/mol. The van der Waals surface area contributed by atoms with E-state index in [0.29, 0.717) is 0 Å². The van der Waals surface area contributed by atoms with Crippen LogP contribution in [-0.4, -0.2) is 141 Å². The molecule has 4 aromatic carbocycles. The molecule has 0 aliphatic heterocycles. The summed E-state index contributed by atoms with van der Waals surface area (Å²) < 4.78 is 183. The van der Waals surface area contributed by atoms with Crippen molar-refractivity contribution in [2.45, 2.75) is 73.0 Å². The van der Waals surface area contributed by atoms with Crippen molar-refractivity contribution in [3.8, 4) is 0 Å². The van der Waals surface area contributed by atoms with Gasteiger partial charge in [-0.05, 0) is 102 Å². The summed E-state index contributed by atoms with van der Waals surface area (Å²) in [6, 6.07) is 23.4. The number of nitrogens with zero attached hydrogens (tertiary/aromatic N) is 4. The monoisotopic (exact) mass is 1030 g/mol. The van der Waals surface area contributed by atoms with E-state index >= 15 is 0 Å². The second kappa shape index (κ2) is 23.1. The Labute approximate surface area is 391 Å². The third-order valence-corrected chi connectivity index (χ3v) is 19.8. The van der Waals surface area contributed by atoms with Crippen LogP contribution >= 0.6 is 0 Å². The molecule has 0 bridgehead atoms. The Kier molecular flexibility index (Phi) is 19.2. The molecule has 2 N–H and O–H groups in total. The standard InChI is InChI=1S/C42H58N4O14S6/c1-35-9-17-39(18-10-35)63(53,54)43(25-5-7-33-61(47,48)49)27-29-45(65(57,58)41-21-13-37(3)14-22-41)31-32-46(66(59,60)42-23-15-38(4)16-24-42)30-28-44(26-6-8-34-62(50,51)52)64(55,56)40-19-11-36(2)12-20-40/h9-24H,5-8,25-34H2,1-4H3,(H,47,48,49)(H,50,51,52). The van der Waals surface area contributed by atoms with Crippen LogP contribution in [0.5, 0.6) is 0 Å². The van der Waals surface area contributed by atoms with Gasteiger partial charge in [0.1, 0.15) is 0 Å². The van der Waals surface area contributed by atoms with Crippen molar-refractivity contribution < 1.29 is 59.6 Å². The average Bonchev–Trinajstić information content (AvgIpc) is 3.22. The van der Waals surface area contributed by atoms with Crippen LogP contribution in [0.4, 0.5) is 0 Å². The lowest BCUT2D eigenvalue weighted by Crippen LogP contribution is -2.47. The van der Waals surface area contributed by atoms with Gasteiger partial charge in [-0.3, -0.25) is 9.11 Å². The Morgan fingerprint density at radius 2 is 0.485 bits per heavy atom. The molecule has 0 amide bonds. The highest BCUT2D eigenvalue weighted by molar-refractivity contribution is 7.90. The fourth-order valence-corrected chi connectivity index (χ4v) is 13.6. The second-order valence-corrected chi connectivity index (χ2v) is 26.8. The van der Waals surface area contributed by atoms with Crippen LogP contribution in [0.1, 0.15) is 47.9 Å². The Morgan fingerprint density at radius 1 is 0.303 bits per heavy atom. The summed E-state index contributed by atoms with van der Waals surface area (Å²) in [5.74, 6) is -1.28. The number of unbranched alkanes of at least 4 members (excludes halogenated alkanes) is 2. The summed E-state index contributed by atoms with van der Waals surface area (Å²) in [5, 5.41) is 0. The molecule has 24 heteroatoms. The first-order chi connectivity index (χ1) is 30.6. The van der Waals surface area contributed by atoms with E-state index in [1.807, 2.05) is 0 Å². The summed E-state index contributed by atoms with van der Waals surface area (Å²) in [4.78, 5) is -0.589. The lowest BCUT2D eigenvalue weighted by molar-refractivity contribution is 0.300. The van der Waals surface area contributed by atoms with Gasteiger partial charge in [-0.15, -0.1) is 0 Å². The van der Waals surface area contributed by atoms with Gasteiger partial charge >= 0.3 is 0 Å². The minimum atomic E-state index is -4.50. The van der Waals surface area contributed by atoms with E-state index < -0.39 is 111 Å². The molecule has 0 spiro atoms. The molecule has 0 heterocycles. The zero-order valence-corrected chi connectivity index (χ0v) is 42.1. The van der Waals surface area contributed by atoms with Crippen LogP contribution < -0.4 is 0 Å². The largest absolute Gasteiger partial charge is 0.286 e. The third-order valence-electron chi connectivity index (χ3n) is 10.6. The second-order valence-electron chi connectivity index (χ2n) is 15.9. The molecule has 4 aromatic rings. The van der Waals surface area contributed by atoms with Crippen LogP contribution in [-0.2, 0) is 60.3 Å². The quantitative estimate of drug-likeness (QED) is 0.0623. The van der Waals surface area contributed by atoms with Crippen molar-refractivity contribution in [1.29, 1.82) is 0 Å². The Balaban J connectivity index is 1.75. The number of aryl methyl sites for hydroxylation is 4. The van der Waals surface area contributed by atoms with Gasteiger partial charge in [0.2, 0.25) is 40.1 Å². The number of benzene rings is 4. The molecule has 0 saturated carbocycles. The maximum Gasteiger partial charge on any atom is 0.264 e. The summed E-state index contributed by atoms with van der Waals surface area (Å²) in [7, 11) is -26.4. The first-order valence-corrected chi connectivity index (χ1v) is 29.8. The summed E-state index contributed by atoms with van der Waals surface area (Å²) >= 11 is 0. The summed E-state index contributed by atoms with van der Waals surface area (Å²) in [6.07, 6.45) is -0.299. The van der Waals surface area contributed by atoms with E-state index in [2.05, 4.69) is 0 Å². The highest BCUT2D eigenvalue weighted by Gasteiger charge is 2.33. The molecule has 4 rings (SSSR count). The highest BCUT2D eigenvalue weighted by Crippen LogP contribution is 2.24. The summed E-state index contributed by atoms with van der Waals surface area (Å²) in [5.41, 5.74) is 3.00. The predicted octanol–water partition coefficient (Wildman–Crippen LogP) is 4.32. The first-order valence-electron chi connectivity index (χ1n) is 20.8. The molecule has 0 saturated heterocycles. The van der Waals surface area contributed by atoms with Crippen molar-refractivity contribution >= 4 is 60.3 Å². The van der Waals surface area contributed by atoms with Crippen molar-refractivity contribution in [2.24, 2.45) is 0 Å². The van der Waals surface area contributed by atoms with Crippen LogP contribution in [0.15, 0.2) is 117 Å².